The number of rotatable bonds is 5. The van der Waals surface area contributed by atoms with E-state index in [9.17, 15) is 0 Å². The highest BCUT2D eigenvalue weighted by Crippen LogP contribution is 2.27. The maximum absolute atomic E-state index is 5.31. The number of nitrogens with zero attached hydrogens (tertiary/aromatic N) is 1. The van der Waals surface area contributed by atoms with Crippen molar-refractivity contribution in [2.24, 2.45) is 11.3 Å². The van der Waals surface area contributed by atoms with Gasteiger partial charge in [0, 0.05) is 25.1 Å². The van der Waals surface area contributed by atoms with Crippen LogP contribution in [-0.4, -0.2) is 50.8 Å². The lowest BCUT2D eigenvalue weighted by molar-refractivity contribution is 0.0539. The summed E-state index contributed by atoms with van der Waals surface area (Å²) < 4.78 is 5.31. The van der Waals surface area contributed by atoms with Gasteiger partial charge in [0.05, 0.1) is 6.61 Å². The summed E-state index contributed by atoms with van der Waals surface area (Å²) in [6.45, 7) is 10.4. The van der Waals surface area contributed by atoms with Crippen molar-refractivity contribution in [2.75, 3.05) is 39.9 Å². The Morgan fingerprint density at radius 2 is 1.89 bits per heavy atom. The minimum Gasteiger partial charge on any atom is -0.384 e. The van der Waals surface area contributed by atoms with E-state index >= 15 is 0 Å². The molecule has 3 nitrogen and oxygen atoms in total. The first-order valence-electron chi connectivity index (χ1n) is 7.55. The molecule has 2 aliphatic rings. The van der Waals surface area contributed by atoms with Gasteiger partial charge < -0.3 is 15.0 Å². The molecule has 1 N–H and O–H groups in total. The molecular weight excluding hydrogens is 260 g/mol. The van der Waals surface area contributed by atoms with Gasteiger partial charge in [-0.05, 0) is 51.2 Å². The average molecular weight is 291 g/mol. The number of ether oxygens (including phenoxy) is 1. The van der Waals surface area contributed by atoms with Gasteiger partial charge in [-0.2, -0.15) is 0 Å². The van der Waals surface area contributed by atoms with Crippen LogP contribution in [0.4, 0.5) is 0 Å². The molecule has 0 amide bonds. The zero-order valence-electron chi connectivity index (χ0n) is 12.8. The highest BCUT2D eigenvalue weighted by atomic mass is 35.5. The smallest absolute Gasteiger partial charge is 0.0525 e. The van der Waals surface area contributed by atoms with Gasteiger partial charge >= 0.3 is 0 Å². The van der Waals surface area contributed by atoms with Crippen LogP contribution in [-0.2, 0) is 4.74 Å². The molecule has 0 bridgehead atoms. The van der Waals surface area contributed by atoms with E-state index in [-0.39, 0.29) is 17.8 Å². The van der Waals surface area contributed by atoms with Gasteiger partial charge in [-0.15, -0.1) is 12.4 Å². The van der Waals surface area contributed by atoms with E-state index in [0.29, 0.717) is 0 Å². The zero-order chi connectivity index (χ0) is 13.0. The number of methoxy groups -OCH3 is 1. The molecule has 0 aliphatic carbocycles. The van der Waals surface area contributed by atoms with Crippen molar-refractivity contribution in [1.29, 1.82) is 0 Å². The molecule has 2 aliphatic heterocycles. The minimum absolute atomic E-state index is 0. The third kappa shape index (κ3) is 5.22. The molecule has 2 saturated heterocycles. The summed E-state index contributed by atoms with van der Waals surface area (Å²) in [7, 11) is 1.81. The van der Waals surface area contributed by atoms with Crippen LogP contribution < -0.4 is 5.32 Å². The van der Waals surface area contributed by atoms with Crippen molar-refractivity contribution in [3.8, 4) is 0 Å². The molecule has 0 aromatic rings. The Hall–Kier alpha value is 0.170. The Bertz CT molecular complexity index is 247. The van der Waals surface area contributed by atoms with Crippen LogP contribution in [0.3, 0.4) is 0 Å². The molecule has 0 radical (unpaired) electrons. The summed E-state index contributed by atoms with van der Waals surface area (Å²) in [5.74, 6) is 0.925. The standard InChI is InChI=1S/C15H30N2O.ClH/c1-15(2,12-18-3)11-17-9-6-13(7-10-17)14-5-4-8-16-14;/h13-14,16H,4-12H2,1-3H3;1H. The SMILES string of the molecule is COCC(C)(C)CN1CCC(C2CCCN2)CC1.Cl. The Labute approximate surface area is 124 Å². The van der Waals surface area contributed by atoms with Gasteiger partial charge in [0.1, 0.15) is 0 Å². The molecule has 4 heteroatoms. The van der Waals surface area contributed by atoms with Gasteiger partial charge in [-0.25, -0.2) is 0 Å². The molecule has 114 valence electrons. The van der Waals surface area contributed by atoms with Gasteiger partial charge in [0.2, 0.25) is 0 Å². The molecule has 0 saturated carbocycles. The third-order valence-electron chi connectivity index (χ3n) is 4.49. The predicted octanol–water partition coefficient (Wildman–Crippen LogP) is 2.54. The monoisotopic (exact) mass is 290 g/mol. The van der Waals surface area contributed by atoms with E-state index in [2.05, 4.69) is 24.1 Å². The zero-order valence-corrected chi connectivity index (χ0v) is 13.6. The Morgan fingerprint density at radius 3 is 2.42 bits per heavy atom. The van der Waals surface area contributed by atoms with Crippen molar-refractivity contribution < 1.29 is 4.74 Å². The number of hydrogen-bond donors (Lipinski definition) is 1. The third-order valence-corrected chi connectivity index (χ3v) is 4.49. The second-order valence-electron chi connectivity index (χ2n) is 6.91. The van der Waals surface area contributed by atoms with E-state index in [4.69, 9.17) is 4.74 Å². The topological polar surface area (TPSA) is 24.5 Å². The Morgan fingerprint density at radius 1 is 1.21 bits per heavy atom. The van der Waals surface area contributed by atoms with Crippen LogP contribution in [0.5, 0.6) is 0 Å². The molecule has 1 unspecified atom stereocenters. The van der Waals surface area contributed by atoms with Gasteiger partial charge in [-0.1, -0.05) is 13.8 Å². The van der Waals surface area contributed by atoms with Crippen molar-refractivity contribution >= 4 is 12.4 Å². The fourth-order valence-corrected chi connectivity index (χ4v) is 3.67. The van der Waals surface area contributed by atoms with Crippen LogP contribution >= 0.6 is 12.4 Å². The normalized spacial score (nSPS) is 26.4. The first kappa shape index (κ1) is 17.2. The Balaban J connectivity index is 0.00000180. The van der Waals surface area contributed by atoms with E-state index < -0.39 is 0 Å². The van der Waals surface area contributed by atoms with E-state index in [1.807, 2.05) is 0 Å². The van der Waals surface area contributed by atoms with Crippen molar-refractivity contribution in [3.05, 3.63) is 0 Å². The second-order valence-corrected chi connectivity index (χ2v) is 6.91. The molecule has 1 atom stereocenters. The fourth-order valence-electron chi connectivity index (χ4n) is 3.67. The maximum Gasteiger partial charge on any atom is 0.0525 e. The molecule has 0 aromatic carbocycles. The van der Waals surface area contributed by atoms with Gasteiger partial charge in [0.15, 0.2) is 0 Å². The van der Waals surface area contributed by atoms with Crippen molar-refractivity contribution in [2.45, 2.75) is 45.6 Å². The maximum atomic E-state index is 5.31. The summed E-state index contributed by atoms with van der Waals surface area (Å²) in [5.41, 5.74) is 0.285. The van der Waals surface area contributed by atoms with Gasteiger partial charge in [-0.3, -0.25) is 0 Å². The minimum atomic E-state index is 0. The average Bonchev–Trinajstić information content (AvgIpc) is 2.82. The molecule has 19 heavy (non-hydrogen) atoms. The van der Waals surface area contributed by atoms with Crippen LogP contribution in [0.2, 0.25) is 0 Å². The number of likely N-dealkylation sites (tertiary alicyclic amines) is 1. The highest BCUT2D eigenvalue weighted by molar-refractivity contribution is 5.85. The van der Waals surface area contributed by atoms with E-state index in [1.54, 1.807) is 7.11 Å². The first-order valence-corrected chi connectivity index (χ1v) is 7.55. The highest BCUT2D eigenvalue weighted by Gasteiger charge is 2.30. The van der Waals surface area contributed by atoms with Crippen LogP contribution in [0.25, 0.3) is 0 Å². The van der Waals surface area contributed by atoms with Gasteiger partial charge in [0.25, 0.3) is 0 Å². The number of nitrogens with one attached hydrogen (secondary N) is 1. The van der Waals surface area contributed by atoms with Crippen LogP contribution in [0, 0.1) is 11.3 Å². The summed E-state index contributed by atoms with van der Waals surface area (Å²) in [6.07, 6.45) is 5.53. The summed E-state index contributed by atoms with van der Waals surface area (Å²) in [4.78, 5) is 2.63. The summed E-state index contributed by atoms with van der Waals surface area (Å²) in [6, 6.07) is 0.819. The molecule has 0 aromatic heterocycles. The van der Waals surface area contributed by atoms with Crippen LogP contribution in [0.1, 0.15) is 39.5 Å². The van der Waals surface area contributed by atoms with Crippen molar-refractivity contribution in [3.63, 3.8) is 0 Å². The molecule has 0 spiro atoms. The first-order chi connectivity index (χ1) is 8.61. The predicted molar refractivity (Wildman–Crippen MR) is 83.1 cm³/mol. The Kier molecular flexibility index (Phi) is 7.09. The fraction of sp³-hybridized carbons (Fsp3) is 1.00. The quantitative estimate of drug-likeness (QED) is 0.842. The van der Waals surface area contributed by atoms with E-state index in [0.717, 1.165) is 18.6 Å². The molecule has 2 fully saturated rings. The van der Waals surface area contributed by atoms with Crippen molar-refractivity contribution in [1.82, 2.24) is 10.2 Å². The van der Waals surface area contributed by atoms with Crippen LogP contribution in [0.15, 0.2) is 0 Å². The lowest BCUT2D eigenvalue weighted by Gasteiger charge is -2.38. The second kappa shape index (κ2) is 7.82. The lowest BCUT2D eigenvalue weighted by atomic mass is 9.87. The number of halogens is 1. The summed E-state index contributed by atoms with van der Waals surface area (Å²) >= 11 is 0. The molecule has 2 heterocycles. The number of hydrogen-bond acceptors (Lipinski definition) is 3. The molecular formula is C15H31ClN2O. The lowest BCUT2D eigenvalue weighted by Crippen LogP contribution is -2.44. The number of piperidine rings is 1. The van der Waals surface area contributed by atoms with E-state index in [1.165, 1.54) is 51.9 Å². The molecule has 2 rings (SSSR count). The largest absolute Gasteiger partial charge is 0.384 e. The summed E-state index contributed by atoms with van der Waals surface area (Å²) in [5, 5.41) is 3.67.